The number of nitrogens with zero attached hydrogens (tertiary/aromatic N) is 2. The van der Waals surface area contributed by atoms with E-state index in [0.717, 1.165) is 5.56 Å². The second-order valence-electron chi connectivity index (χ2n) is 12.2. The Morgan fingerprint density at radius 1 is 1.05 bits per heavy atom. The van der Waals surface area contributed by atoms with Gasteiger partial charge in [-0.2, -0.15) is 0 Å². The Kier molecular flexibility index (Phi) is 6.40. The van der Waals surface area contributed by atoms with Crippen molar-refractivity contribution in [3.05, 3.63) is 51.3 Å². The Labute approximate surface area is 245 Å². The molecule has 3 amide bonds. The minimum atomic E-state index is -3.20. The zero-order chi connectivity index (χ0) is 30.4. The van der Waals surface area contributed by atoms with Crippen LogP contribution in [0, 0.1) is 19.3 Å². The predicted octanol–water partition coefficient (Wildman–Crippen LogP) is 2.68. The first-order valence-electron chi connectivity index (χ1n) is 13.6. The first kappa shape index (κ1) is 28.8. The van der Waals surface area contributed by atoms with Crippen LogP contribution in [0.15, 0.2) is 18.2 Å². The van der Waals surface area contributed by atoms with Crippen LogP contribution in [0.5, 0.6) is 0 Å². The summed E-state index contributed by atoms with van der Waals surface area (Å²) in [5, 5.41) is 5.56. The SMILES string of the molecule is Cc1ccc(NC(=O)c2c(C)c(C(=O)C(=O)NC3(C(=O)N4CC5(C4)CS(=O)(=O)C5)CC(F)(F)C3)c3n2CCC3)cc1Cl. The van der Waals surface area contributed by atoms with Crippen molar-refractivity contribution in [1.29, 1.82) is 0 Å². The summed E-state index contributed by atoms with van der Waals surface area (Å²) in [7, 11) is -3.15. The standard InChI is InChI=1S/C28H29ClF2N4O6S/c1-15-5-6-17(8-18(15)29)32-23(37)21-16(2)20(19-4-3-7-35(19)21)22(36)24(38)33-27(9-28(30,31)10-27)25(39)34-11-26(12-34)13-42(40,41)14-26/h5-6,8H,3-4,7,9-14H2,1-2H3,(H,32,37)(H,33,38). The Balaban J connectivity index is 1.22. The Hall–Kier alpha value is -3.32. The van der Waals surface area contributed by atoms with Crippen molar-refractivity contribution >= 4 is 50.6 Å². The fourth-order valence-electron chi connectivity index (χ4n) is 6.97. The van der Waals surface area contributed by atoms with Crippen LogP contribution in [0.25, 0.3) is 0 Å². The van der Waals surface area contributed by atoms with E-state index in [0.29, 0.717) is 35.8 Å². The van der Waals surface area contributed by atoms with Crippen LogP contribution in [-0.4, -0.2) is 77.4 Å². The van der Waals surface area contributed by atoms with Crippen LogP contribution in [0.4, 0.5) is 14.5 Å². The van der Waals surface area contributed by atoms with Gasteiger partial charge in [0, 0.05) is 54.3 Å². The number of benzene rings is 1. The van der Waals surface area contributed by atoms with Gasteiger partial charge >= 0.3 is 0 Å². The zero-order valence-electron chi connectivity index (χ0n) is 23.0. The average molecular weight is 623 g/mol. The highest BCUT2D eigenvalue weighted by atomic mass is 35.5. The maximum Gasteiger partial charge on any atom is 0.293 e. The maximum atomic E-state index is 14.1. The number of amides is 3. The van der Waals surface area contributed by atoms with Gasteiger partial charge in [0.25, 0.3) is 23.5 Å². The highest BCUT2D eigenvalue weighted by Gasteiger charge is 2.66. The molecule has 10 nitrogen and oxygen atoms in total. The lowest BCUT2D eigenvalue weighted by Gasteiger charge is -2.58. The lowest BCUT2D eigenvalue weighted by Crippen LogP contribution is -2.76. The van der Waals surface area contributed by atoms with Crippen molar-refractivity contribution < 1.29 is 36.4 Å². The molecule has 0 radical (unpaired) electrons. The molecule has 1 aromatic heterocycles. The van der Waals surface area contributed by atoms with E-state index in [2.05, 4.69) is 10.6 Å². The van der Waals surface area contributed by atoms with Gasteiger partial charge in [-0.25, -0.2) is 17.2 Å². The van der Waals surface area contributed by atoms with E-state index in [1.54, 1.807) is 29.7 Å². The van der Waals surface area contributed by atoms with E-state index >= 15 is 0 Å². The second-order valence-corrected chi connectivity index (χ2v) is 14.7. The van der Waals surface area contributed by atoms with Crippen molar-refractivity contribution in [2.75, 3.05) is 29.9 Å². The van der Waals surface area contributed by atoms with Crippen LogP contribution in [0.1, 0.15) is 56.9 Å². The third kappa shape index (κ3) is 4.61. The van der Waals surface area contributed by atoms with E-state index in [-0.39, 0.29) is 41.4 Å². The van der Waals surface area contributed by atoms with E-state index in [4.69, 9.17) is 11.6 Å². The van der Waals surface area contributed by atoms with Gasteiger partial charge in [0.1, 0.15) is 11.2 Å². The van der Waals surface area contributed by atoms with E-state index in [1.165, 1.54) is 4.90 Å². The number of ketones is 1. The number of nitrogens with one attached hydrogen (secondary N) is 2. The van der Waals surface area contributed by atoms with Crippen molar-refractivity contribution in [2.45, 2.75) is 57.5 Å². The number of likely N-dealkylation sites (tertiary alicyclic amines) is 1. The molecule has 0 atom stereocenters. The van der Waals surface area contributed by atoms with Crippen molar-refractivity contribution in [2.24, 2.45) is 5.41 Å². The summed E-state index contributed by atoms with van der Waals surface area (Å²) in [5.74, 6) is -6.80. The quantitative estimate of drug-likeness (QED) is 0.376. The number of sulfone groups is 1. The van der Waals surface area contributed by atoms with Gasteiger partial charge in [0.2, 0.25) is 5.91 Å². The fraction of sp³-hybridized carbons (Fsp3) is 0.500. The molecule has 224 valence electrons. The molecule has 2 N–H and O–H groups in total. The molecule has 42 heavy (non-hydrogen) atoms. The van der Waals surface area contributed by atoms with E-state index < -0.39 is 63.1 Å². The molecule has 1 aromatic carbocycles. The van der Waals surface area contributed by atoms with Gasteiger partial charge in [-0.05, 0) is 49.9 Å². The topological polar surface area (TPSA) is 135 Å². The number of aryl methyl sites for hydroxylation is 1. The van der Waals surface area contributed by atoms with Crippen molar-refractivity contribution in [3.8, 4) is 0 Å². The molecule has 6 rings (SSSR count). The number of rotatable bonds is 6. The number of alkyl halides is 2. The smallest absolute Gasteiger partial charge is 0.293 e. The summed E-state index contributed by atoms with van der Waals surface area (Å²) in [6.45, 7) is 4.01. The molecule has 0 unspecified atom stereocenters. The van der Waals surface area contributed by atoms with E-state index in [1.807, 2.05) is 6.92 Å². The van der Waals surface area contributed by atoms with Crippen LogP contribution in [0.2, 0.25) is 5.02 Å². The Bertz CT molecular complexity index is 1670. The molecule has 3 fully saturated rings. The van der Waals surface area contributed by atoms with Crippen LogP contribution in [0.3, 0.4) is 0 Å². The van der Waals surface area contributed by atoms with Crippen molar-refractivity contribution in [3.63, 3.8) is 0 Å². The molecule has 4 heterocycles. The van der Waals surface area contributed by atoms with Gasteiger partial charge < -0.3 is 20.1 Å². The zero-order valence-corrected chi connectivity index (χ0v) is 24.6. The molecule has 14 heteroatoms. The predicted molar refractivity (Wildman–Crippen MR) is 149 cm³/mol. The number of hydrogen-bond acceptors (Lipinski definition) is 6. The largest absolute Gasteiger partial charge is 0.340 e. The van der Waals surface area contributed by atoms with Gasteiger partial charge in [0.05, 0.1) is 17.1 Å². The molecule has 0 bridgehead atoms. The molecule has 1 spiro atoms. The second kappa shape index (κ2) is 9.34. The van der Waals surface area contributed by atoms with Crippen LogP contribution in [-0.2, 0) is 32.4 Å². The number of fused-ring (bicyclic) bond motifs is 1. The van der Waals surface area contributed by atoms with Gasteiger partial charge in [-0.15, -0.1) is 0 Å². The number of halogens is 3. The number of carbonyl (C=O) groups excluding carboxylic acids is 4. The van der Waals surface area contributed by atoms with Gasteiger partial charge in [-0.1, -0.05) is 17.7 Å². The highest BCUT2D eigenvalue weighted by Crippen LogP contribution is 2.49. The van der Waals surface area contributed by atoms with Crippen LogP contribution < -0.4 is 10.6 Å². The molecule has 2 aromatic rings. The first-order chi connectivity index (χ1) is 19.5. The van der Waals surface area contributed by atoms with Gasteiger partial charge in [-0.3, -0.25) is 19.2 Å². The Morgan fingerprint density at radius 3 is 2.31 bits per heavy atom. The number of carbonyl (C=O) groups is 4. The van der Waals surface area contributed by atoms with E-state index in [9.17, 15) is 36.4 Å². The summed E-state index contributed by atoms with van der Waals surface area (Å²) >= 11 is 6.18. The monoisotopic (exact) mass is 622 g/mol. The minimum Gasteiger partial charge on any atom is -0.340 e. The minimum absolute atomic E-state index is 0.0216. The molecular weight excluding hydrogens is 594 g/mol. The maximum absolute atomic E-state index is 14.1. The third-order valence-corrected chi connectivity index (χ3v) is 11.3. The number of anilines is 1. The Morgan fingerprint density at radius 2 is 1.71 bits per heavy atom. The fourth-order valence-corrected chi connectivity index (χ4v) is 9.30. The first-order valence-corrected chi connectivity index (χ1v) is 15.8. The average Bonchev–Trinajstić information content (AvgIpc) is 3.40. The molecule has 1 aliphatic carbocycles. The summed E-state index contributed by atoms with van der Waals surface area (Å²) in [5.41, 5.74) is -0.252. The molecule has 4 aliphatic rings. The molecule has 3 aliphatic heterocycles. The molecule has 1 saturated carbocycles. The molecule has 2 saturated heterocycles. The lowest BCUT2D eigenvalue weighted by molar-refractivity contribution is -0.181. The van der Waals surface area contributed by atoms with Crippen molar-refractivity contribution in [1.82, 2.24) is 14.8 Å². The molecular formula is C28H29ClF2N4O6S. The third-order valence-electron chi connectivity index (χ3n) is 8.76. The summed E-state index contributed by atoms with van der Waals surface area (Å²) in [6.07, 6.45) is -0.854. The summed E-state index contributed by atoms with van der Waals surface area (Å²) < 4.78 is 53.1. The number of Topliss-reactive ketones (excluding diaryl/α,β-unsaturated/α-hetero) is 1. The van der Waals surface area contributed by atoms with Crippen LogP contribution >= 0.6 is 11.6 Å². The number of hydrogen-bond donors (Lipinski definition) is 2. The number of aromatic nitrogens is 1. The summed E-state index contributed by atoms with van der Waals surface area (Å²) in [4.78, 5) is 54.7. The highest BCUT2D eigenvalue weighted by molar-refractivity contribution is 7.92. The lowest BCUT2D eigenvalue weighted by atomic mass is 9.70. The summed E-state index contributed by atoms with van der Waals surface area (Å²) in [6, 6.07) is 5.05. The normalized spacial score (nSPS) is 21.9. The van der Waals surface area contributed by atoms with Gasteiger partial charge in [0.15, 0.2) is 9.84 Å².